The van der Waals surface area contributed by atoms with Gasteiger partial charge in [0.25, 0.3) is 0 Å². The minimum atomic E-state index is -0.587. The zero-order valence-electron chi connectivity index (χ0n) is 17.6. The van der Waals surface area contributed by atoms with E-state index in [2.05, 4.69) is 5.43 Å². The first-order chi connectivity index (χ1) is 15.4. The average Bonchev–Trinajstić information content (AvgIpc) is 3.39. The van der Waals surface area contributed by atoms with Gasteiger partial charge in [-0.1, -0.05) is 23.2 Å². The number of hydrogen-bond donors (Lipinski definition) is 1. The summed E-state index contributed by atoms with van der Waals surface area (Å²) >= 11 is 11.6. The quantitative estimate of drug-likeness (QED) is 0.438. The van der Waals surface area contributed by atoms with Crippen LogP contribution in [0.5, 0.6) is 5.75 Å². The Hall–Kier alpha value is -2.26. The van der Waals surface area contributed by atoms with Crippen molar-refractivity contribution in [3.8, 4) is 5.75 Å². The summed E-state index contributed by atoms with van der Waals surface area (Å²) in [5.74, 6) is -0.209. The number of carbonyl (C=O) groups excluding carboxylic acids is 2. The number of benzene rings is 2. The molecule has 0 unspecified atom stereocenters. The Morgan fingerprint density at radius 1 is 1.18 bits per heavy atom. The van der Waals surface area contributed by atoms with Crippen LogP contribution in [0.4, 0.5) is 4.39 Å². The molecular formula is C23H23Cl2FN2O4S. The highest BCUT2D eigenvalue weighted by molar-refractivity contribution is 7.59. The van der Waals surface area contributed by atoms with Crippen LogP contribution in [-0.4, -0.2) is 36.4 Å². The van der Waals surface area contributed by atoms with E-state index in [1.165, 1.54) is 12.1 Å². The van der Waals surface area contributed by atoms with E-state index in [0.717, 1.165) is 17.9 Å². The van der Waals surface area contributed by atoms with Gasteiger partial charge in [0.1, 0.15) is 23.8 Å². The van der Waals surface area contributed by atoms with Gasteiger partial charge in [-0.3, -0.25) is 15.0 Å². The first-order valence-electron chi connectivity index (χ1n) is 10.2. The monoisotopic (exact) mass is 512 g/mol. The molecular weight excluding hydrogens is 490 g/mol. The minimum absolute atomic E-state index is 0. The minimum Gasteiger partial charge on any atom is -0.486 e. The van der Waals surface area contributed by atoms with E-state index in [4.69, 9.17) is 32.4 Å². The number of ketones is 1. The maximum Gasteiger partial charge on any atom is 0.301 e. The number of ether oxygens (including phenoxy) is 1. The maximum absolute atomic E-state index is 13.4. The number of rotatable bonds is 8. The van der Waals surface area contributed by atoms with Gasteiger partial charge >= 0.3 is 5.91 Å². The number of fused-ring (bicyclic) bond motifs is 1. The molecule has 2 aromatic carbocycles. The topological polar surface area (TPSA) is 71.8 Å². The lowest BCUT2D eigenvalue weighted by atomic mass is 10.0. The van der Waals surface area contributed by atoms with E-state index in [-0.39, 0.29) is 54.2 Å². The first kappa shape index (κ1) is 25.4. The number of nitrogens with zero attached hydrogens (tertiary/aromatic N) is 1. The van der Waals surface area contributed by atoms with Gasteiger partial charge in [0.05, 0.1) is 5.02 Å². The molecule has 1 aromatic heterocycles. The fraction of sp³-hybridized carbons (Fsp3) is 0.304. The van der Waals surface area contributed by atoms with Gasteiger partial charge < -0.3 is 9.15 Å². The molecule has 6 nitrogen and oxygen atoms in total. The molecule has 1 N–H and O–H groups in total. The van der Waals surface area contributed by atoms with Gasteiger partial charge in [0.15, 0.2) is 11.5 Å². The fourth-order valence-corrected chi connectivity index (χ4v) is 3.96. The van der Waals surface area contributed by atoms with Crippen molar-refractivity contribution in [3.05, 3.63) is 64.1 Å². The number of Topliss-reactive ketones (excluding diaryl/α,β-unsaturated/α-hetero) is 1. The van der Waals surface area contributed by atoms with Crippen molar-refractivity contribution in [2.75, 3.05) is 19.7 Å². The number of amides is 1. The number of furan rings is 1. The van der Waals surface area contributed by atoms with Gasteiger partial charge in [0.2, 0.25) is 0 Å². The Bertz CT molecular complexity index is 1160. The molecule has 33 heavy (non-hydrogen) atoms. The van der Waals surface area contributed by atoms with Crippen LogP contribution >= 0.6 is 36.7 Å². The highest BCUT2D eigenvalue weighted by Gasteiger charge is 2.25. The molecule has 176 valence electrons. The molecule has 10 heteroatoms. The van der Waals surface area contributed by atoms with Gasteiger partial charge in [-0.05, 0) is 55.2 Å². The Kier molecular flexibility index (Phi) is 8.64. The van der Waals surface area contributed by atoms with E-state index < -0.39 is 5.82 Å². The zero-order valence-corrected chi connectivity index (χ0v) is 20.1. The average molecular weight is 513 g/mol. The van der Waals surface area contributed by atoms with E-state index in [0.29, 0.717) is 36.5 Å². The van der Waals surface area contributed by atoms with Crippen molar-refractivity contribution in [3.63, 3.8) is 0 Å². The summed E-state index contributed by atoms with van der Waals surface area (Å²) in [7, 11) is 0. The summed E-state index contributed by atoms with van der Waals surface area (Å²) in [6.07, 6.45) is 1.91. The van der Waals surface area contributed by atoms with Crippen molar-refractivity contribution >= 4 is 59.4 Å². The van der Waals surface area contributed by atoms with Gasteiger partial charge in [-0.2, -0.15) is 13.5 Å². The third kappa shape index (κ3) is 6.63. The van der Waals surface area contributed by atoms with Crippen LogP contribution in [0, 0.1) is 11.7 Å². The molecule has 1 atom stereocenters. The van der Waals surface area contributed by atoms with Crippen LogP contribution in [-0.2, 0) is 4.79 Å². The third-order valence-corrected chi connectivity index (χ3v) is 5.91. The van der Waals surface area contributed by atoms with E-state index in [1.54, 1.807) is 24.3 Å². The maximum atomic E-state index is 13.4. The number of hydrogen-bond acceptors (Lipinski definition) is 5. The van der Waals surface area contributed by atoms with Gasteiger partial charge in [0, 0.05) is 36.0 Å². The Balaban J connectivity index is 0.00000306. The predicted octanol–water partition coefficient (Wildman–Crippen LogP) is 5.39. The SMILES string of the molecule is O=C(CC[C@@H]1CCN(NC(=O)c2cc3cc(Cl)ccc3o2)C1)COc1ccc(Cl)c(F)c1.S. The zero-order chi connectivity index (χ0) is 22.7. The summed E-state index contributed by atoms with van der Waals surface area (Å²) in [4.78, 5) is 24.6. The lowest BCUT2D eigenvalue weighted by Crippen LogP contribution is -2.40. The highest BCUT2D eigenvalue weighted by Crippen LogP contribution is 2.24. The van der Waals surface area contributed by atoms with Gasteiger partial charge in [-0.25, -0.2) is 9.40 Å². The molecule has 2 heterocycles. The normalized spacial score (nSPS) is 15.9. The van der Waals surface area contributed by atoms with Crippen molar-refractivity contribution < 1.29 is 23.1 Å². The largest absolute Gasteiger partial charge is 0.486 e. The molecule has 0 saturated carbocycles. The van der Waals surface area contributed by atoms with Crippen molar-refractivity contribution in [2.45, 2.75) is 19.3 Å². The molecule has 3 aromatic rings. The summed E-state index contributed by atoms with van der Waals surface area (Å²) < 4.78 is 24.4. The van der Waals surface area contributed by atoms with Crippen molar-refractivity contribution in [1.29, 1.82) is 0 Å². The van der Waals surface area contributed by atoms with Crippen LogP contribution in [0.2, 0.25) is 10.0 Å². The van der Waals surface area contributed by atoms with Crippen LogP contribution in [0.1, 0.15) is 29.8 Å². The summed E-state index contributed by atoms with van der Waals surface area (Å²) in [6, 6.07) is 10.9. The number of carbonyl (C=O) groups is 2. The van der Waals surface area contributed by atoms with E-state index in [9.17, 15) is 14.0 Å². The van der Waals surface area contributed by atoms with Crippen LogP contribution in [0.25, 0.3) is 11.0 Å². The van der Waals surface area contributed by atoms with Crippen molar-refractivity contribution in [1.82, 2.24) is 10.4 Å². The van der Waals surface area contributed by atoms with Crippen LogP contribution in [0.3, 0.4) is 0 Å². The smallest absolute Gasteiger partial charge is 0.301 e. The Morgan fingerprint density at radius 3 is 2.79 bits per heavy atom. The molecule has 0 spiro atoms. The Labute approximate surface area is 207 Å². The summed E-state index contributed by atoms with van der Waals surface area (Å²) in [6.45, 7) is 1.22. The molecule has 0 bridgehead atoms. The highest BCUT2D eigenvalue weighted by atomic mass is 35.5. The number of hydrazine groups is 1. The molecule has 4 rings (SSSR count). The van der Waals surface area contributed by atoms with E-state index in [1.807, 2.05) is 5.01 Å². The predicted molar refractivity (Wildman–Crippen MR) is 130 cm³/mol. The molecule has 0 aliphatic carbocycles. The first-order valence-corrected chi connectivity index (χ1v) is 11.0. The second kappa shape index (κ2) is 11.2. The summed E-state index contributed by atoms with van der Waals surface area (Å²) in [5.41, 5.74) is 3.45. The van der Waals surface area contributed by atoms with Gasteiger partial charge in [-0.15, -0.1) is 0 Å². The lowest BCUT2D eigenvalue weighted by Gasteiger charge is -2.16. The molecule has 1 saturated heterocycles. The number of nitrogens with one attached hydrogen (secondary N) is 1. The van der Waals surface area contributed by atoms with Crippen LogP contribution in [0.15, 0.2) is 46.9 Å². The second-order valence-electron chi connectivity index (χ2n) is 7.78. The number of halogens is 3. The second-order valence-corrected chi connectivity index (χ2v) is 8.62. The summed E-state index contributed by atoms with van der Waals surface area (Å²) in [5, 5.41) is 3.19. The standard InChI is InChI=1S/C23H21Cl2FN2O4.H2S/c24-16-2-6-21-15(9-16)10-22(32-21)23(30)27-28-8-7-14(12-28)1-3-17(29)13-31-18-4-5-19(25)20(26)11-18;/h2,4-6,9-11,14H,1,3,7-8,12-13H2,(H,27,30);1H2/t14-;/m1./s1. The fourth-order valence-electron chi connectivity index (χ4n) is 3.66. The Morgan fingerprint density at radius 2 is 2.00 bits per heavy atom. The van der Waals surface area contributed by atoms with Crippen LogP contribution < -0.4 is 10.2 Å². The molecule has 1 aliphatic rings. The molecule has 1 amide bonds. The molecule has 1 aliphatic heterocycles. The third-order valence-electron chi connectivity index (χ3n) is 5.37. The van der Waals surface area contributed by atoms with Crippen molar-refractivity contribution in [2.24, 2.45) is 5.92 Å². The molecule has 0 radical (unpaired) electrons. The van der Waals surface area contributed by atoms with E-state index >= 15 is 0 Å². The lowest BCUT2D eigenvalue weighted by molar-refractivity contribution is -0.121. The molecule has 1 fully saturated rings.